The van der Waals surface area contributed by atoms with Gasteiger partial charge in [0, 0.05) is 15.7 Å². The minimum atomic E-state index is -4.98. The average molecular weight is 454 g/mol. The maximum atomic E-state index is 12.8. The molecule has 0 aliphatic carbocycles. The van der Waals surface area contributed by atoms with Gasteiger partial charge in [0.2, 0.25) is 0 Å². The summed E-state index contributed by atoms with van der Waals surface area (Å²) >= 11 is 1.98. The number of benzene rings is 2. The second kappa shape index (κ2) is 6.59. The number of nitro groups is 2. The maximum Gasteiger partial charge on any atom is 0.416 e. The molecule has 24 heavy (non-hydrogen) atoms. The Bertz CT molecular complexity index is 773. The highest BCUT2D eigenvalue weighted by Gasteiger charge is 2.38. The van der Waals surface area contributed by atoms with Gasteiger partial charge in [-0.15, -0.1) is 0 Å². The molecule has 0 unspecified atom stereocenters. The molecular formula is C13H6F3IN2O5. The van der Waals surface area contributed by atoms with E-state index < -0.39 is 38.7 Å². The second-order valence-electron chi connectivity index (χ2n) is 4.41. The lowest BCUT2D eigenvalue weighted by molar-refractivity contribution is -0.396. The summed E-state index contributed by atoms with van der Waals surface area (Å²) in [7, 11) is 0. The Morgan fingerprint density at radius 2 is 1.42 bits per heavy atom. The van der Waals surface area contributed by atoms with E-state index in [-0.39, 0.29) is 17.9 Å². The summed E-state index contributed by atoms with van der Waals surface area (Å²) in [5, 5.41) is 22.1. The fourth-order valence-corrected chi connectivity index (χ4v) is 2.12. The molecule has 7 nitrogen and oxygen atoms in total. The van der Waals surface area contributed by atoms with E-state index in [0.717, 1.165) is 3.57 Å². The zero-order chi connectivity index (χ0) is 18.1. The normalized spacial score (nSPS) is 11.2. The Hall–Kier alpha value is -2.44. The lowest BCUT2D eigenvalue weighted by Crippen LogP contribution is -2.08. The molecule has 11 heteroatoms. The first-order valence-electron chi connectivity index (χ1n) is 6.07. The van der Waals surface area contributed by atoms with E-state index in [2.05, 4.69) is 0 Å². The van der Waals surface area contributed by atoms with Crippen LogP contribution in [0.5, 0.6) is 11.5 Å². The number of alkyl halides is 3. The van der Waals surface area contributed by atoms with Crippen molar-refractivity contribution in [1.29, 1.82) is 0 Å². The molecule has 0 bridgehead atoms. The van der Waals surface area contributed by atoms with Crippen LogP contribution in [0.25, 0.3) is 0 Å². The first-order valence-corrected chi connectivity index (χ1v) is 7.15. The van der Waals surface area contributed by atoms with Crippen molar-refractivity contribution in [2.24, 2.45) is 0 Å². The van der Waals surface area contributed by atoms with Crippen LogP contribution in [0, 0.1) is 23.8 Å². The van der Waals surface area contributed by atoms with Crippen LogP contribution in [0.1, 0.15) is 5.56 Å². The van der Waals surface area contributed by atoms with Gasteiger partial charge in [0.1, 0.15) is 5.75 Å². The number of hydrogen-bond donors (Lipinski definition) is 0. The van der Waals surface area contributed by atoms with Gasteiger partial charge < -0.3 is 4.74 Å². The van der Waals surface area contributed by atoms with Gasteiger partial charge in [0.15, 0.2) is 0 Å². The lowest BCUT2D eigenvalue weighted by Gasteiger charge is -2.10. The maximum absolute atomic E-state index is 12.8. The summed E-state index contributed by atoms with van der Waals surface area (Å²) in [6.45, 7) is 0. The highest BCUT2D eigenvalue weighted by Crippen LogP contribution is 2.44. The van der Waals surface area contributed by atoms with Crippen LogP contribution in [0.15, 0.2) is 36.4 Å². The number of nitro benzene ring substituents is 2. The Morgan fingerprint density at radius 3 is 1.79 bits per heavy atom. The molecule has 0 heterocycles. The minimum Gasteiger partial charge on any atom is -0.444 e. The Labute approximate surface area is 145 Å². The molecule has 0 aliphatic rings. The third-order valence-electron chi connectivity index (χ3n) is 2.80. The predicted molar refractivity (Wildman–Crippen MR) is 84.0 cm³/mol. The lowest BCUT2D eigenvalue weighted by atomic mass is 10.1. The zero-order valence-electron chi connectivity index (χ0n) is 11.4. The third kappa shape index (κ3) is 3.90. The summed E-state index contributed by atoms with van der Waals surface area (Å²) < 4.78 is 44.3. The molecule has 0 aromatic heterocycles. The van der Waals surface area contributed by atoms with Crippen molar-refractivity contribution >= 4 is 34.0 Å². The quantitative estimate of drug-likeness (QED) is 0.372. The van der Waals surface area contributed by atoms with Crippen molar-refractivity contribution in [1.82, 2.24) is 0 Å². The Balaban J connectivity index is 2.65. The van der Waals surface area contributed by atoms with Gasteiger partial charge in [0.25, 0.3) is 5.75 Å². The first-order chi connectivity index (χ1) is 11.1. The van der Waals surface area contributed by atoms with Gasteiger partial charge in [0.05, 0.1) is 15.4 Å². The number of ether oxygens (including phenoxy) is 1. The monoisotopic (exact) mass is 454 g/mol. The average Bonchev–Trinajstić information content (AvgIpc) is 2.48. The van der Waals surface area contributed by atoms with Crippen molar-refractivity contribution < 1.29 is 27.8 Å². The molecule has 126 valence electrons. The van der Waals surface area contributed by atoms with E-state index >= 15 is 0 Å². The summed E-state index contributed by atoms with van der Waals surface area (Å²) in [6, 6.07) is 6.30. The molecule has 2 rings (SSSR count). The standard InChI is InChI=1S/C13H6F3IN2O5/c14-13(15,16)7-5-10(18(20)21)12(11(6-7)19(22)23)24-9-3-1-8(17)2-4-9/h1-6H. The molecule has 0 aliphatic heterocycles. The van der Waals surface area contributed by atoms with Crippen LogP contribution < -0.4 is 4.74 Å². The molecule has 0 atom stereocenters. The van der Waals surface area contributed by atoms with Crippen molar-refractivity contribution in [3.8, 4) is 11.5 Å². The Morgan fingerprint density at radius 1 is 0.958 bits per heavy atom. The van der Waals surface area contributed by atoms with E-state index in [1.54, 1.807) is 12.1 Å². The predicted octanol–water partition coefficient (Wildman–Crippen LogP) is 4.92. The molecule has 0 amide bonds. The van der Waals surface area contributed by atoms with Gasteiger partial charge in [-0.2, -0.15) is 13.2 Å². The van der Waals surface area contributed by atoms with Crippen molar-refractivity contribution in [3.05, 3.63) is 65.8 Å². The summed E-state index contributed by atoms with van der Waals surface area (Å²) in [4.78, 5) is 19.8. The van der Waals surface area contributed by atoms with Gasteiger partial charge in [-0.25, -0.2) is 0 Å². The van der Waals surface area contributed by atoms with E-state index in [0.29, 0.717) is 0 Å². The van der Waals surface area contributed by atoms with Crippen molar-refractivity contribution in [3.63, 3.8) is 0 Å². The first kappa shape index (κ1) is 17.9. The topological polar surface area (TPSA) is 95.5 Å². The molecule has 2 aromatic carbocycles. The fourth-order valence-electron chi connectivity index (χ4n) is 1.76. The third-order valence-corrected chi connectivity index (χ3v) is 3.52. The van der Waals surface area contributed by atoms with Crippen LogP contribution in [-0.4, -0.2) is 9.85 Å². The van der Waals surface area contributed by atoms with Gasteiger partial charge >= 0.3 is 17.6 Å². The molecule has 2 aromatic rings. The highest BCUT2D eigenvalue weighted by molar-refractivity contribution is 14.1. The number of rotatable bonds is 4. The number of hydrogen-bond acceptors (Lipinski definition) is 5. The molecule has 0 fully saturated rings. The van der Waals surface area contributed by atoms with Crippen LogP contribution in [0.2, 0.25) is 0 Å². The van der Waals surface area contributed by atoms with E-state index in [9.17, 15) is 33.4 Å². The summed E-state index contributed by atoms with van der Waals surface area (Å²) in [5.41, 5.74) is -3.79. The smallest absolute Gasteiger partial charge is 0.416 e. The van der Waals surface area contributed by atoms with Crippen LogP contribution in [-0.2, 0) is 6.18 Å². The molecule has 0 saturated carbocycles. The zero-order valence-corrected chi connectivity index (χ0v) is 13.6. The molecular weight excluding hydrogens is 448 g/mol. The largest absolute Gasteiger partial charge is 0.444 e. The van der Waals surface area contributed by atoms with Crippen molar-refractivity contribution in [2.75, 3.05) is 0 Å². The second-order valence-corrected chi connectivity index (χ2v) is 5.66. The fraction of sp³-hybridized carbons (Fsp3) is 0.0769. The number of nitrogens with zero attached hydrogens (tertiary/aromatic N) is 2. The van der Waals surface area contributed by atoms with E-state index in [4.69, 9.17) is 4.74 Å². The van der Waals surface area contributed by atoms with Crippen molar-refractivity contribution in [2.45, 2.75) is 6.18 Å². The van der Waals surface area contributed by atoms with E-state index in [1.807, 2.05) is 22.6 Å². The Kier molecular flexibility index (Phi) is 4.91. The summed E-state index contributed by atoms with van der Waals surface area (Å²) in [6.07, 6.45) is -4.98. The number of halogens is 4. The molecule has 0 saturated heterocycles. The SMILES string of the molecule is O=[N+]([O-])c1cc(C(F)(F)F)cc([N+](=O)[O-])c1Oc1ccc(I)cc1. The molecule has 0 N–H and O–H groups in total. The van der Waals surface area contributed by atoms with Crippen LogP contribution in [0.4, 0.5) is 24.5 Å². The summed E-state index contributed by atoms with van der Waals surface area (Å²) in [5.74, 6) is -0.847. The highest BCUT2D eigenvalue weighted by atomic mass is 127. The van der Waals surface area contributed by atoms with Crippen LogP contribution >= 0.6 is 22.6 Å². The van der Waals surface area contributed by atoms with Gasteiger partial charge in [-0.05, 0) is 46.9 Å². The van der Waals surface area contributed by atoms with Gasteiger partial charge in [-0.3, -0.25) is 20.2 Å². The minimum absolute atomic E-state index is 0.0152. The van der Waals surface area contributed by atoms with Crippen LogP contribution in [0.3, 0.4) is 0 Å². The van der Waals surface area contributed by atoms with E-state index in [1.165, 1.54) is 12.1 Å². The van der Waals surface area contributed by atoms with Gasteiger partial charge in [-0.1, -0.05) is 0 Å². The molecule has 0 radical (unpaired) electrons. The molecule has 0 spiro atoms.